The number of hydrogen-bond acceptors (Lipinski definition) is 5. The number of likely N-dealkylation sites (tertiary alicyclic amines) is 1. The average Bonchev–Trinajstić information content (AvgIpc) is 3.35. The van der Waals surface area contributed by atoms with Gasteiger partial charge >= 0.3 is 0 Å². The van der Waals surface area contributed by atoms with Gasteiger partial charge < -0.3 is 25.3 Å². The van der Waals surface area contributed by atoms with E-state index in [0.29, 0.717) is 26.2 Å². The van der Waals surface area contributed by atoms with Crippen LogP contribution in [0.25, 0.3) is 0 Å². The number of amides is 2. The molecule has 0 unspecified atom stereocenters. The van der Waals surface area contributed by atoms with Gasteiger partial charge in [-0.1, -0.05) is 0 Å². The molecule has 4 rings (SSSR count). The van der Waals surface area contributed by atoms with Crippen molar-refractivity contribution >= 4 is 36.6 Å². The van der Waals surface area contributed by atoms with Crippen molar-refractivity contribution in [1.29, 1.82) is 0 Å². The van der Waals surface area contributed by atoms with Gasteiger partial charge in [-0.3, -0.25) is 9.59 Å². The lowest BCUT2D eigenvalue weighted by atomic mass is 9.73. The van der Waals surface area contributed by atoms with Crippen LogP contribution in [0.2, 0.25) is 0 Å². The van der Waals surface area contributed by atoms with Crippen molar-refractivity contribution in [3.63, 3.8) is 0 Å². The van der Waals surface area contributed by atoms with Crippen LogP contribution in [0.4, 0.5) is 0 Å². The van der Waals surface area contributed by atoms with Crippen molar-refractivity contribution < 1.29 is 14.3 Å². The van der Waals surface area contributed by atoms with Gasteiger partial charge in [-0.15, -0.1) is 24.8 Å². The highest BCUT2D eigenvalue weighted by Gasteiger charge is 2.68. The molecule has 0 saturated carbocycles. The number of fused-ring (bicyclic) bond motifs is 1. The molecule has 10 heteroatoms. The third-order valence-electron chi connectivity index (χ3n) is 5.75. The highest BCUT2D eigenvalue weighted by Crippen LogP contribution is 2.55. The number of aromatic nitrogens is 2. The largest absolute Gasteiger partial charge is 0.368 e. The van der Waals surface area contributed by atoms with Gasteiger partial charge in [0.2, 0.25) is 11.8 Å². The summed E-state index contributed by atoms with van der Waals surface area (Å²) in [6.45, 7) is 2.93. The monoisotopic (exact) mass is 419 g/mol. The molecule has 2 amide bonds. The van der Waals surface area contributed by atoms with Gasteiger partial charge in [-0.25, -0.2) is 4.98 Å². The average molecular weight is 420 g/mol. The van der Waals surface area contributed by atoms with E-state index in [9.17, 15) is 9.59 Å². The second-order valence-corrected chi connectivity index (χ2v) is 7.26. The zero-order chi connectivity index (χ0) is 17.4. The molecule has 0 aromatic carbocycles. The smallest absolute Gasteiger partial charge is 0.229 e. The predicted molar refractivity (Wildman–Crippen MR) is 104 cm³/mol. The van der Waals surface area contributed by atoms with Crippen molar-refractivity contribution in [2.24, 2.45) is 17.6 Å². The summed E-state index contributed by atoms with van der Waals surface area (Å²) in [4.78, 5) is 31.3. The fraction of sp³-hybridized carbons (Fsp3) is 0.706. The Balaban J connectivity index is 0.00000131. The van der Waals surface area contributed by atoms with E-state index < -0.39 is 5.60 Å². The van der Waals surface area contributed by atoms with Crippen molar-refractivity contribution in [1.82, 2.24) is 19.8 Å². The topological polar surface area (TPSA) is 102 Å². The fourth-order valence-corrected chi connectivity index (χ4v) is 4.70. The quantitative estimate of drug-likeness (QED) is 0.614. The number of nitrogens with zero attached hydrogens (tertiary/aromatic N) is 3. The minimum atomic E-state index is -0.463. The second-order valence-electron chi connectivity index (χ2n) is 7.26. The van der Waals surface area contributed by atoms with Gasteiger partial charge in [0.05, 0.1) is 36.4 Å². The molecule has 0 radical (unpaired) electrons. The Hall–Kier alpha value is -1.35. The summed E-state index contributed by atoms with van der Waals surface area (Å²) >= 11 is 0. The van der Waals surface area contributed by atoms with Crippen LogP contribution in [0.15, 0.2) is 18.7 Å². The first kappa shape index (κ1) is 21.9. The normalized spacial score (nSPS) is 30.6. The van der Waals surface area contributed by atoms with Crippen molar-refractivity contribution in [2.75, 3.05) is 26.2 Å². The van der Waals surface area contributed by atoms with Gasteiger partial charge in [0.25, 0.3) is 0 Å². The van der Waals surface area contributed by atoms with Crippen molar-refractivity contribution in [2.45, 2.75) is 37.5 Å². The molecule has 1 aromatic rings. The third kappa shape index (κ3) is 3.81. The molecule has 3 aliphatic heterocycles. The number of hydrogen-bond donors (Lipinski definition) is 2. The molecule has 3 N–H and O–H groups in total. The maximum absolute atomic E-state index is 12.8. The zero-order valence-corrected chi connectivity index (χ0v) is 16.7. The second kappa shape index (κ2) is 8.77. The summed E-state index contributed by atoms with van der Waals surface area (Å²) in [6.07, 6.45) is 7.82. The molecule has 0 aliphatic carbocycles. The molecule has 8 nitrogen and oxygen atoms in total. The molecular weight excluding hydrogens is 393 g/mol. The van der Waals surface area contributed by atoms with Gasteiger partial charge in [-0.05, 0) is 19.3 Å². The van der Waals surface area contributed by atoms with Crippen LogP contribution in [0, 0.1) is 11.8 Å². The summed E-state index contributed by atoms with van der Waals surface area (Å²) in [7, 11) is 0. The molecule has 4 atom stereocenters. The first-order chi connectivity index (χ1) is 12.1. The molecule has 27 heavy (non-hydrogen) atoms. The lowest BCUT2D eigenvalue weighted by molar-refractivity contribution is -0.138. The fourth-order valence-electron chi connectivity index (χ4n) is 4.70. The molecule has 1 aromatic heterocycles. The number of halogens is 2. The van der Waals surface area contributed by atoms with Crippen LogP contribution in [-0.4, -0.2) is 64.1 Å². The number of imidazole rings is 1. The lowest BCUT2D eigenvalue weighted by Gasteiger charge is -2.27. The van der Waals surface area contributed by atoms with E-state index in [0.717, 1.165) is 25.8 Å². The van der Waals surface area contributed by atoms with E-state index in [-0.39, 0.29) is 54.6 Å². The molecular formula is C17H27Cl2N5O3. The van der Waals surface area contributed by atoms with Crippen molar-refractivity contribution in [3.05, 3.63) is 18.7 Å². The van der Waals surface area contributed by atoms with E-state index >= 15 is 0 Å². The van der Waals surface area contributed by atoms with E-state index in [2.05, 4.69) is 10.3 Å². The van der Waals surface area contributed by atoms with Gasteiger partial charge in [0, 0.05) is 38.6 Å². The predicted octanol–water partition coefficient (Wildman–Crippen LogP) is 0.198. The third-order valence-corrected chi connectivity index (χ3v) is 5.75. The molecule has 152 valence electrons. The SMILES string of the molecule is Cl.Cl.NCCN1C[C@]23CC[C@H](O2)[C@H](C(=O)NCCCn2ccnc2)[C@@H]3C1=O. The molecule has 3 aliphatic rings. The number of carbonyl (C=O) groups is 2. The minimum Gasteiger partial charge on any atom is -0.368 e. The first-order valence-electron chi connectivity index (χ1n) is 9.05. The van der Waals surface area contributed by atoms with E-state index in [4.69, 9.17) is 10.5 Å². The van der Waals surface area contributed by atoms with Crippen LogP contribution in [0.5, 0.6) is 0 Å². The van der Waals surface area contributed by atoms with Crippen LogP contribution < -0.4 is 11.1 Å². The van der Waals surface area contributed by atoms with E-state index in [1.54, 1.807) is 17.4 Å². The highest BCUT2D eigenvalue weighted by atomic mass is 35.5. The van der Waals surface area contributed by atoms with Gasteiger partial charge in [0.15, 0.2) is 0 Å². The van der Waals surface area contributed by atoms with E-state index in [1.807, 2.05) is 10.8 Å². The summed E-state index contributed by atoms with van der Waals surface area (Å²) in [5.74, 6) is -0.722. The van der Waals surface area contributed by atoms with Crippen LogP contribution in [0.3, 0.4) is 0 Å². The maximum Gasteiger partial charge on any atom is 0.229 e. The van der Waals surface area contributed by atoms with Gasteiger partial charge in [-0.2, -0.15) is 0 Å². The highest BCUT2D eigenvalue weighted by molar-refractivity contribution is 5.92. The number of nitrogens with one attached hydrogen (secondary N) is 1. The zero-order valence-electron chi connectivity index (χ0n) is 15.1. The Morgan fingerprint density at radius 2 is 2.22 bits per heavy atom. The van der Waals surface area contributed by atoms with Crippen LogP contribution in [-0.2, 0) is 20.9 Å². The van der Waals surface area contributed by atoms with E-state index in [1.165, 1.54) is 0 Å². The Labute approximate surface area is 171 Å². The number of ether oxygens (including phenoxy) is 1. The maximum atomic E-state index is 12.8. The number of carbonyl (C=O) groups excluding carboxylic acids is 2. The summed E-state index contributed by atoms with van der Waals surface area (Å²) in [5, 5.41) is 3.00. The number of rotatable bonds is 7. The Kier molecular flexibility index (Phi) is 7.13. The first-order valence-corrected chi connectivity index (χ1v) is 9.05. The summed E-state index contributed by atoms with van der Waals surface area (Å²) in [5.41, 5.74) is 5.15. The van der Waals surface area contributed by atoms with Crippen LogP contribution in [0.1, 0.15) is 19.3 Å². The number of aryl methyl sites for hydroxylation is 1. The Bertz CT molecular complexity index is 659. The summed E-state index contributed by atoms with van der Waals surface area (Å²) in [6, 6.07) is 0. The number of nitrogens with two attached hydrogens (primary N) is 1. The van der Waals surface area contributed by atoms with Crippen molar-refractivity contribution in [3.8, 4) is 0 Å². The molecule has 2 bridgehead atoms. The standard InChI is InChI=1S/C17H25N5O3.2ClH/c18-4-8-22-10-17-3-2-12(25-17)13(14(17)16(22)24)15(23)20-5-1-7-21-9-6-19-11-21;;/h6,9,11-14H,1-5,7-8,10,18H2,(H,20,23);2*1H/t12-,13-,14+,17-;;/m0../s1. The Morgan fingerprint density at radius 3 is 2.93 bits per heavy atom. The molecule has 3 fully saturated rings. The van der Waals surface area contributed by atoms with Crippen LogP contribution >= 0.6 is 24.8 Å². The summed E-state index contributed by atoms with van der Waals surface area (Å²) < 4.78 is 8.13. The molecule has 4 heterocycles. The molecule has 3 saturated heterocycles. The molecule has 1 spiro atoms. The lowest BCUT2D eigenvalue weighted by Crippen LogP contribution is -2.46. The minimum absolute atomic E-state index is 0. The van der Waals surface area contributed by atoms with Gasteiger partial charge in [0.1, 0.15) is 0 Å². The Morgan fingerprint density at radius 1 is 1.41 bits per heavy atom.